The Kier molecular flexibility index (Phi) is 5.43. The smallest absolute Gasteiger partial charge is 0.315 e. The molecule has 134 valence electrons. The number of methoxy groups -OCH3 is 1. The van der Waals surface area contributed by atoms with Crippen molar-refractivity contribution in [2.24, 2.45) is 5.10 Å². The van der Waals surface area contributed by atoms with Gasteiger partial charge in [-0.15, -0.1) is 0 Å². The number of benzene rings is 2. The van der Waals surface area contributed by atoms with E-state index in [1.54, 1.807) is 0 Å². The van der Waals surface area contributed by atoms with Gasteiger partial charge in [-0.3, -0.25) is 25.0 Å². The molecule has 0 saturated carbocycles. The third kappa shape index (κ3) is 4.08. The van der Waals surface area contributed by atoms with E-state index >= 15 is 0 Å². The fraction of sp³-hybridized carbons (Fsp3) is 0.0667. The summed E-state index contributed by atoms with van der Waals surface area (Å²) in [4.78, 5) is 32.1. The lowest BCUT2D eigenvalue weighted by atomic mass is 10.2. The van der Waals surface area contributed by atoms with Crippen molar-refractivity contribution in [3.63, 3.8) is 0 Å². The van der Waals surface area contributed by atoms with Crippen molar-refractivity contribution in [1.82, 2.24) is 5.43 Å². The topological polar surface area (TPSA) is 157 Å². The maximum atomic E-state index is 11.9. The number of nitrogens with zero attached hydrogens (tertiary/aromatic N) is 3. The van der Waals surface area contributed by atoms with Crippen molar-refractivity contribution in [3.05, 3.63) is 67.8 Å². The molecule has 0 saturated heterocycles. The summed E-state index contributed by atoms with van der Waals surface area (Å²) in [6.07, 6.45) is 1.10. The number of aromatic hydroxyl groups is 1. The second-order valence-corrected chi connectivity index (χ2v) is 4.85. The van der Waals surface area contributed by atoms with E-state index in [0.717, 1.165) is 18.3 Å². The maximum Gasteiger partial charge on any atom is 0.315 e. The molecule has 2 rings (SSSR count). The summed E-state index contributed by atoms with van der Waals surface area (Å²) >= 11 is 0. The zero-order chi connectivity index (χ0) is 19.3. The Morgan fingerprint density at radius 3 is 2.58 bits per heavy atom. The first-order valence-electron chi connectivity index (χ1n) is 6.96. The molecule has 1 amide bonds. The number of amides is 1. The average molecular weight is 360 g/mol. The first-order chi connectivity index (χ1) is 12.3. The molecule has 2 aromatic carbocycles. The number of phenolic OH excluding ortho intramolecular Hbond substituents is 1. The molecule has 0 unspecified atom stereocenters. The predicted molar refractivity (Wildman–Crippen MR) is 89.5 cm³/mol. The van der Waals surface area contributed by atoms with E-state index in [-0.39, 0.29) is 22.6 Å². The van der Waals surface area contributed by atoms with Crippen LogP contribution in [0, 0.1) is 20.2 Å². The molecule has 0 aliphatic carbocycles. The molecule has 0 aliphatic rings. The molecular formula is C15H12N4O7. The number of hydrogen-bond donors (Lipinski definition) is 2. The van der Waals surface area contributed by atoms with Gasteiger partial charge in [-0.2, -0.15) is 5.10 Å². The van der Waals surface area contributed by atoms with Crippen LogP contribution in [0.3, 0.4) is 0 Å². The van der Waals surface area contributed by atoms with Crippen LogP contribution in [0.15, 0.2) is 41.5 Å². The summed E-state index contributed by atoms with van der Waals surface area (Å²) in [5, 5.41) is 34.9. The normalized spacial score (nSPS) is 10.5. The number of nitro benzene ring substituents is 2. The number of ether oxygens (including phenoxy) is 1. The monoisotopic (exact) mass is 360 g/mol. The van der Waals surface area contributed by atoms with Crippen LogP contribution >= 0.6 is 0 Å². The van der Waals surface area contributed by atoms with Gasteiger partial charge < -0.3 is 9.84 Å². The Hall–Kier alpha value is -4.02. The van der Waals surface area contributed by atoms with Crippen LogP contribution in [-0.2, 0) is 0 Å². The average Bonchev–Trinajstić information content (AvgIpc) is 2.62. The van der Waals surface area contributed by atoms with Gasteiger partial charge in [0.1, 0.15) is 0 Å². The van der Waals surface area contributed by atoms with Gasteiger partial charge in [0.15, 0.2) is 5.75 Å². The number of carbonyl (C=O) groups excluding carboxylic acids is 1. The minimum absolute atomic E-state index is 0.0191. The summed E-state index contributed by atoms with van der Waals surface area (Å²) in [7, 11) is 1.23. The minimum Gasteiger partial charge on any atom is -0.500 e. The third-order valence-corrected chi connectivity index (χ3v) is 3.19. The highest BCUT2D eigenvalue weighted by atomic mass is 16.6. The molecule has 0 aliphatic heterocycles. The molecule has 0 spiro atoms. The molecule has 0 aromatic heterocycles. The van der Waals surface area contributed by atoms with Gasteiger partial charge in [-0.25, -0.2) is 5.43 Å². The standard InChI is InChI=1S/C15H12N4O7/c1-26-13-6-9(5-12(14(13)20)19(24)25)8-16-17-15(21)10-3-2-4-11(7-10)18(22)23/h2-8,20H,1H3,(H,17,21). The van der Waals surface area contributed by atoms with Gasteiger partial charge in [0, 0.05) is 29.3 Å². The predicted octanol–water partition coefficient (Wildman–Crippen LogP) is 1.98. The van der Waals surface area contributed by atoms with Crippen molar-refractivity contribution in [2.45, 2.75) is 0 Å². The van der Waals surface area contributed by atoms with Crippen molar-refractivity contribution in [3.8, 4) is 11.5 Å². The lowest BCUT2D eigenvalue weighted by molar-refractivity contribution is -0.386. The minimum atomic E-state index is -0.795. The molecule has 11 heteroatoms. The number of phenols is 1. The Morgan fingerprint density at radius 2 is 1.96 bits per heavy atom. The van der Waals surface area contributed by atoms with E-state index < -0.39 is 27.2 Å². The van der Waals surface area contributed by atoms with Gasteiger partial charge in [0.05, 0.1) is 23.2 Å². The second-order valence-electron chi connectivity index (χ2n) is 4.85. The van der Waals surface area contributed by atoms with Crippen molar-refractivity contribution < 1.29 is 24.5 Å². The van der Waals surface area contributed by atoms with Gasteiger partial charge in [-0.1, -0.05) is 6.07 Å². The molecule has 11 nitrogen and oxygen atoms in total. The summed E-state index contributed by atoms with van der Waals surface area (Å²) in [5.74, 6) is -1.47. The van der Waals surface area contributed by atoms with Crippen LogP contribution in [-0.4, -0.2) is 34.2 Å². The quantitative estimate of drug-likeness (QED) is 0.453. The number of hydrazone groups is 1. The van der Waals surface area contributed by atoms with Gasteiger partial charge in [-0.05, 0) is 12.1 Å². The molecule has 26 heavy (non-hydrogen) atoms. The van der Waals surface area contributed by atoms with Crippen LogP contribution in [0.4, 0.5) is 11.4 Å². The molecular weight excluding hydrogens is 348 g/mol. The summed E-state index contributed by atoms with van der Waals surface area (Å²) in [6.45, 7) is 0. The van der Waals surface area contributed by atoms with Crippen molar-refractivity contribution in [2.75, 3.05) is 7.11 Å². The highest BCUT2D eigenvalue weighted by Gasteiger charge is 2.19. The number of nitrogens with one attached hydrogen (secondary N) is 1. The third-order valence-electron chi connectivity index (χ3n) is 3.19. The van der Waals surface area contributed by atoms with Crippen LogP contribution in [0.25, 0.3) is 0 Å². The number of non-ortho nitro benzene ring substituents is 1. The van der Waals surface area contributed by atoms with Crippen molar-refractivity contribution >= 4 is 23.5 Å². The Bertz CT molecular complexity index is 911. The van der Waals surface area contributed by atoms with E-state index in [9.17, 15) is 30.1 Å². The fourth-order valence-electron chi connectivity index (χ4n) is 1.97. The van der Waals surface area contributed by atoms with E-state index in [1.807, 2.05) is 0 Å². The van der Waals surface area contributed by atoms with Crippen LogP contribution < -0.4 is 10.2 Å². The zero-order valence-corrected chi connectivity index (χ0v) is 13.3. The number of nitro groups is 2. The molecule has 0 radical (unpaired) electrons. The highest BCUT2D eigenvalue weighted by Crippen LogP contribution is 2.36. The molecule has 0 fully saturated rings. The van der Waals surface area contributed by atoms with E-state index in [4.69, 9.17) is 4.74 Å². The molecule has 2 N–H and O–H groups in total. The van der Waals surface area contributed by atoms with E-state index in [0.29, 0.717) is 0 Å². The Labute approximate surface area is 145 Å². The zero-order valence-electron chi connectivity index (χ0n) is 13.3. The van der Waals surface area contributed by atoms with Gasteiger partial charge in [0.25, 0.3) is 11.6 Å². The lowest BCUT2D eigenvalue weighted by Crippen LogP contribution is -2.17. The number of hydrogen-bond acceptors (Lipinski definition) is 8. The Balaban J connectivity index is 2.19. The van der Waals surface area contributed by atoms with Crippen LogP contribution in [0.1, 0.15) is 15.9 Å². The van der Waals surface area contributed by atoms with E-state index in [1.165, 1.54) is 31.4 Å². The number of carbonyl (C=O) groups is 1. The first-order valence-corrected chi connectivity index (χ1v) is 6.96. The van der Waals surface area contributed by atoms with Crippen LogP contribution in [0.5, 0.6) is 11.5 Å². The summed E-state index contributed by atoms with van der Waals surface area (Å²) in [6, 6.07) is 7.37. The summed E-state index contributed by atoms with van der Waals surface area (Å²) < 4.78 is 4.84. The van der Waals surface area contributed by atoms with E-state index in [2.05, 4.69) is 10.5 Å². The fourth-order valence-corrected chi connectivity index (χ4v) is 1.97. The highest BCUT2D eigenvalue weighted by molar-refractivity contribution is 5.95. The largest absolute Gasteiger partial charge is 0.500 e. The molecule has 0 atom stereocenters. The lowest BCUT2D eigenvalue weighted by Gasteiger charge is -2.05. The maximum absolute atomic E-state index is 11.9. The summed E-state index contributed by atoms with van der Waals surface area (Å²) in [5.41, 5.74) is 1.52. The SMILES string of the molecule is COc1cc(C=NNC(=O)c2cccc([N+](=O)[O-])c2)cc([N+](=O)[O-])c1O. The Morgan fingerprint density at radius 1 is 1.23 bits per heavy atom. The van der Waals surface area contributed by atoms with Crippen LogP contribution in [0.2, 0.25) is 0 Å². The molecule has 0 heterocycles. The van der Waals surface area contributed by atoms with Gasteiger partial charge in [0.2, 0.25) is 5.75 Å². The number of rotatable bonds is 6. The molecule has 2 aromatic rings. The van der Waals surface area contributed by atoms with Crippen molar-refractivity contribution in [1.29, 1.82) is 0 Å². The second kappa shape index (κ2) is 7.70. The molecule has 0 bridgehead atoms. The first kappa shape index (κ1) is 18.3. The van der Waals surface area contributed by atoms with Gasteiger partial charge >= 0.3 is 5.69 Å².